The monoisotopic (exact) mass is 460 g/mol. The molecule has 2 atom stereocenters. The Bertz CT molecular complexity index is 1240. The number of anilines is 1. The summed E-state index contributed by atoms with van der Waals surface area (Å²) in [5.74, 6) is 1.40. The van der Waals surface area contributed by atoms with Gasteiger partial charge in [-0.05, 0) is 82.2 Å². The van der Waals surface area contributed by atoms with E-state index in [2.05, 4.69) is 39.7 Å². The highest BCUT2D eigenvalue weighted by Gasteiger charge is 2.45. The fourth-order valence-corrected chi connectivity index (χ4v) is 5.87. The maximum absolute atomic E-state index is 11.8. The summed E-state index contributed by atoms with van der Waals surface area (Å²) >= 11 is 0. The fourth-order valence-electron chi connectivity index (χ4n) is 5.87. The Morgan fingerprint density at radius 1 is 1.09 bits per heavy atom. The second-order valence-corrected chi connectivity index (χ2v) is 10.5. The Hall–Kier alpha value is -3.26. The molecule has 2 unspecified atom stereocenters. The molecule has 4 heterocycles. The molecule has 2 aliphatic rings. The predicted molar refractivity (Wildman–Crippen MR) is 133 cm³/mol. The van der Waals surface area contributed by atoms with Crippen LogP contribution in [0.4, 0.5) is 5.82 Å². The van der Waals surface area contributed by atoms with E-state index in [9.17, 15) is 9.90 Å². The van der Waals surface area contributed by atoms with Gasteiger partial charge >= 0.3 is 5.69 Å². The summed E-state index contributed by atoms with van der Waals surface area (Å²) in [6.45, 7) is 5.59. The van der Waals surface area contributed by atoms with E-state index < -0.39 is 0 Å². The molecule has 5 rings (SSSR count). The number of hydrogen-bond donors (Lipinski definition) is 3. The maximum Gasteiger partial charge on any atom is 0.347 e. The number of aromatic hydroxyl groups is 1. The molecule has 1 aromatic carbocycles. The van der Waals surface area contributed by atoms with Crippen LogP contribution in [0.1, 0.15) is 46.0 Å². The number of nitrogens with zero attached hydrogens (tertiary/aromatic N) is 4. The Kier molecular flexibility index (Phi) is 5.64. The van der Waals surface area contributed by atoms with Gasteiger partial charge in [-0.15, -0.1) is 10.2 Å². The lowest BCUT2D eigenvalue weighted by molar-refractivity contribution is 0.0589. The van der Waals surface area contributed by atoms with E-state index in [-0.39, 0.29) is 22.5 Å². The fraction of sp³-hybridized carbons (Fsp3) is 0.462. The first-order chi connectivity index (χ1) is 16.2. The molecular formula is C26H32N6O2. The molecule has 0 saturated carbocycles. The van der Waals surface area contributed by atoms with Gasteiger partial charge in [-0.3, -0.25) is 0 Å². The molecule has 0 amide bonds. The standard InChI is InChI=1S/C26H32N6O2/c1-25-10-4-11-26(2,31-25)15-17(14-25)16-27-23-8-7-21(29-30-23)19-6-5-18(13-22(19)33)20-9-12-32(3)24(34)28-20/h5-9,12-13,17,31,33H,4,10-11,14-16H2,1-3H3,(H,27,30). The lowest BCUT2D eigenvalue weighted by atomic mass is 9.67. The van der Waals surface area contributed by atoms with Crippen LogP contribution in [-0.4, -0.2) is 42.5 Å². The first kappa shape index (κ1) is 22.5. The van der Waals surface area contributed by atoms with Gasteiger partial charge in [0.15, 0.2) is 0 Å². The number of benzene rings is 1. The van der Waals surface area contributed by atoms with Crippen LogP contribution in [0.3, 0.4) is 0 Å². The van der Waals surface area contributed by atoms with Crippen molar-refractivity contribution in [2.75, 3.05) is 11.9 Å². The van der Waals surface area contributed by atoms with Gasteiger partial charge in [0, 0.05) is 42.0 Å². The van der Waals surface area contributed by atoms with Gasteiger partial charge in [0.25, 0.3) is 0 Å². The van der Waals surface area contributed by atoms with Gasteiger partial charge in [-0.1, -0.05) is 6.07 Å². The van der Waals surface area contributed by atoms with Crippen LogP contribution in [0.5, 0.6) is 5.75 Å². The highest BCUT2D eigenvalue weighted by molar-refractivity contribution is 5.73. The summed E-state index contributed by atoms with van der Waals surface area (Å²) < 4.78 is 1.40. The summed E-state index contributed by atoms with van der Waals surface area (Å²) in [5.41, 5.74) is 2.48. The van der Waals surface area contributed by atoms with Crippen LogP contribution < -0.4 is 16.3 Å². The normalized spacial score (nSPS) is 26.3. The highest BCUT2D eigenvalue weighted by atomic mass is 16.3. The van der Waals surface area contributed by atoms with E-state index in [1.807, 2.05) is 18.2 Å². The first-order valence-electron chi connectivity index (χ1n) is 12.0. The number of piperidine rings is 2. The SMILES string of the molecule is Cn1ccc(-c2ccc(-c3ccc(NCC4CC5(C)CCCC(C)(C4)N5)nn3)c(O)c2)nc1=O. The van der Waals surface area contributed by atoms with Gasteiger partial charge < -0.3 is 20.3 Å². The maximum atomic E-state index is 11.8. The minimum atomic E-state index is -0.342. The van der Waals surface area contributed by atoms with Gasteiger partial charge in [-0.2, -0.15) is 4.98 Å². The Morgan fingerprint density at radius 2 is 1.85 bits per heavy atom. The van der Waals surface area contributed by atoms with Gasteiger partial charge in [-0.25, -0.2) is 4.79 Å². The summed E-state index contributed by atoms with van der Waals surface area (Å²) in [4.78, 5) is 15.9. The molecule has 0 spiro atoms. The van der Waals surface area contributed by atoms with E-state index in [1.165, 1.54) is 36.7 Å². The third-order valence-electron chi connectivity index (χ3n) is 7.32. The van der Waals surface area contributed by atoms with Crippen LogP contribution in [0, 0.1) is 5.92 Å². The van der Waals surface area contributed by atoms with Crippen LogP contribution in [0.25, 0.3) is 22.5 Å². The van der Waals surface area contributed by atoms with Gasteiger partial charge in [0.05, 0.1) is 11.4 Å². The second-order valence-electron chi connectivity index (χ2n) is 10.5. The molecule has 2 bridgehead atoms. The topological polar surface area (TPSA) is 105 Å². The van der Waals surface area contributed by atoms with Crippen molar-refractivity contribution in [1.29, 1.82) is 0 Å². The second kappa shape index (κ2) is 8.51. The Balaban J connectivity index is 1.26. The number of rotatable bonds is 5. The van der Waals surface area contributed by atoms with E-state index >= 15 is 0 Å². The average Bonchev–Trinajstić information content (AvgIpc) is 2.78. The van der Waals surface area contributed by atoms with E-state index in [0.29, 0.717) is 28.4 Å². The van der Waals surface area contributed by atoms with Crippen molar-refractivity contribution in [3.63, 3.8) is 0 Å². The molecule has 3 aromatic rings. The first-order valence-corrected chi connectivity index (χ1v) is 12.0. The molecule has 2 fully saturated rings. The molecule has 2 aliphatic heterocycles. The van der Waals surface area contributed by atoms with Crippen molar-refractivity contribution in [2.24, 2.45) is 13.0 Å². The number of fused-ring (bicyclic) bond motifs is 2. The molecule has 2 saturated heterocycles. The van der Waals surface area contributed by atoms with Crippen LogP contribution in [0.15, 0.2) is 47.4 Å². The van der Waals surface area contributed by atoms with Gasteiger partial charge in [0.2, 0.25) is 0 Å². The Morgan fingerprint density at radius 3 is 2.50 bits per heavy atom. The van der Waals surface area contributed by atoms with Crippen LogP contribution >= 0.6 is 0 Å². The highest BCUT2D eigenvalue weighted by Crippen LogP contribution is 2.42. The number of hydrogen-bond acceptors (Lipinski definition) is 7. The molecule has 0 aliphatic carbocycles. The molecule has 8 nitrogen and oxygen atoms in total. The molecule has 8 heteroatoms. The van der Waals surface area contributed by atoms with E-state index in [1.54, 1.807) is 31.4 Å². The number of phenols is 1. The molecule has 3 N–H and O–H groups in total. The van der Waals surface area contributed by atoms with E-state index in [0.717, 1.165) is 12.4 Å². The summed E-state index contributed by atoms with van der Waals surface area (Å²) in [6.07, 6.45) is 7.79. The lowest BCUT2D eigenvalue weighted by Gasteiger charge is -2.53. The third-order valence-corrected chi connectivity index (χ3v) is 7.32. The van der Waals surface area contributed by atoms with Crippen molar-refractivity contribution in [1.82, 2.24) is 25.1 Å². The number of nitrogens with one attached hydrogen (secondary N) is 2. The van der Waals surface area contributed by atoms with Gasteiger partial charge in [0.1, 0.15) is 11.6 Å². The third kappa shape index (κ3) is 4.55. The summed E-state index contributed by atoms with van der Waals surface area (Å²) in [7, 11) is 1.65. The van der Waals surface area contributed by atoms with Crippen molar-refractivity contribution < 1.29 is 5.11 Å². The van der Waals surface area contributed by atoms with Crippen molar-refractivity contribution in [3.05, 3.63) is 53.1 Å². The Labute approximate surface area is 199 Å². The number of aryl methyl sites for hydroxylation is 1. The summed E-state index contributed by atoms with van der Waals surface area (Å²) in [6, 6.07) is 10.7. The molecule has 0 radical (unpaired) electrons. The van der Waals surface area contributed by atoms with Crippen LogP contribution in [0.2, 0.25) is 0 Å². The zero-order valence-corrected chi connectivity index (χ0v) is 20.0. The minimum Gasteiger partial charge on any atom is -0.507 e. The molecule has 34 heavy (non-hydrogen) atoms. The van der Waals surface area contributed by atoms with Crippen molar-refractivity contribution in [3.8, 4) is 28.3 Å². The lowest BCUT2D eigenvalue weighted by Crippen LogP contribution is -2.63. The predicted octanol–water partition coefficient (Wildman–Crippen LogP) is 3.72. The van der Waals surface area contributed by atoms with Crippen LogP contribution in [-0.2, 0) is 7.05 Å². The smallest absolute Gasteiger partial charge is 0.347 e. The minimum absolute atomic E-state index is 0.0673. The molecule has 2 aromatic heterocycles. The van der Waals surface area contributed by atoms with E-state index in [4.69, 9.17) is 0 Å². The quantitative estimate of drug-likeness (QED) is 0.533. The zero-order valence-electron chi connectivity index (χ0n) is 20.0. The molecular weight excluding hydrogens is 428 g/mol. The molecule has 178 valence electrons. The van der Waals surface area contributed by atoms with Crippen molar-refractivity contribution in [2.45, 2.75) is 57.0 Å². The largest absolute Gasteiger partial charge is 0.507 e. The van der Waals surface area contributed by atoms with Crippen molar-refractivity contribution >= 4 is 5.82 Å². The average molecular weight is 461 g/mol. The zero-order chi connectivity index (χ0) is 23.9. The number of aromatic nitrogens is 4. The summed E-state index contributed by atoms with van der Waals surface area (Å²) in [5, 5.41) is 26.6. The number of phenolic OH excluding ortho intramolecular Hbond substituents is 1.